The molecule has 0 N–H and O–H groups in total. The fraction of sp³-hybridized carbons (Fsp3) is 0.476. The van der Waals surface area contributed by atoms with Crippen LogP contribution < -0.4 is 0 Å². The van der Waals surface area contributed by atoms with Crippen molar-refractivity contribution in [3.63, 3.8) is 0 Å². The van der Waals surface area contributed by atoms with Gasteiger partial charge in [-0.1, -0.05) is 18.2 Å². The molecule has 0 saturated carbocycles. The second kappa shape index (κ2) is 10.4. The minimum atomic E-state index is -3.46. The number of sulfone groups is 1. The molecule has 1 aromatic heterocycles. The third kappa shape index (κ3) is 6.15. The number of halogens is 1. The predicted molar refractivity (Wildman–Crippen MR) is 115 cm³/mol. The Kier molecular flexibility index (Phi) is 8.46. The van der Waals surface area contributed by atoms with Gasteiger partial charge in [-0.3, -0.25) is 4.90 Å². The largest absolute Gasteiger partial charge is 0.468 e. The van der Waals surface area contributed by atoms with Gasteiger partial charge in [-0.05, 0) is 50.7 Å². The normalized spacial score (nSPS) is 16.7. The molecule has 160 valence electrons. The van der Waals surface area contributed by atoms with Crippen molar-refractivity contribution in [2.45, 2.75) is 30.3 Å². The van der Waals surface area contributed by atoms with Crippen molar-refractivity contribution in [3.8, 4) is 0 Å². The molecule has 2 atom stereocenters. The van der Waals surface area contributed by atoms with Crippen LogP contribution in [0.4, 0.5) is 0 Å². The molecule has 0 saturated heterocycles. The Hall–Kier alpha value is -1.67. The molecule has 1 aromatic carbocycles. The second-order valence-electron chi connectivity index (χ2n) is 7.73. The van der Waals surface area contributed by atoms with Gasteiger partial charge < -0.3 is 14.1 Å². The van der Waals surface area contributed by atoms with E-state index in [1.807, 2.05) is 25.1 Å². The average Bonchev–Trinajstić information content (AvgIpc) is 3.14. The van der Waals surface area contributed by atoms with Gasteiger partial charge in [0.15, 0.2) is 9.84 Å². The van der Waals surface area contributed by atoms with Gasteiger partial charge in [0.25, 0.3) is 0 Å². The van der Waals surface area contributed by atoms with Gasteiger partial charge in [-0.25, -0.2) is 8.42 Å². The number of hydrogen-bond acceptors (Lipinski definition) is 6. The van der Waals surface area contributed by atoms with E-state index in [1.54, 1.807) is 36.6 Å². The fourth-order valence-electron chi connectivity index (χ4n) is 3.86. The molecule has 0 radical (unpaired) electrons. The summed E-state index contributed by atoms with van der Waals surface area (Å²) in [5, 5.41) is 0. The molecule has 0 spiro atoms. The summed E-state index contributed by atoms with van der Waals surface area (Å²) in [4.78, 5) is 16.1. The van der Waals surface area contributed by atoms with Gasteiger partial charge in [-0.2, -0.15) is 0 Å². The molecule has 8 heteroatoms. The van der Waals surface area contributed by atoms with E-state index in [4.69, 9.17) is 4.42 Å². The van der Waals surface area contributed by atoms with Crippen LogP contribution in [0.1, 0.15) is 17.7 Å². The molecule has 2 heterocycles. The number of aldehydes is 1. The third-order valence-corrected chi connectivity index (χ3v) is 7.06. The molecule has 0 fully saturated rings. The van der Waals surface area contributed by atoms with Crippen LogP contribution in [0.3, 0.4) is 0 Å². The zero-order valence-electron chi connectivity index (χ0n) is 16.9. The molecule has 3 rings (SSSR count). The van der Waals surface area contributed by atoms with Crippen molar-refractivity contribution in [2.75, 3.05) is 32.9 Å². The summed E-state index contributed by atoms with van der Waals surface area (Å²) in [5.74, 6) is 0.665. The monoisotopic (exact) mass is 440 g/mol. The van der Waals surface area contributed by atoms with Crippen molar-refractivity contribution in [1.29, 1.82) is 0 Å². The van der Waals surface area contributed by atoms with Crippen molar-refractivity contribution >= 4 is 28.5 Å². The summed E-state index contributed by atoms with van der Waals surface area (Å²) in [5.41, 5.74) is 1.18. The minimum Gasteiger partial charge on any atom is -0.468 e. The van der Waals surface area contributed by atoms with Gasteiger partial charge in [0.05, 0.1) is 23.5 Å². The molecule has 29 heavy (non-hydrogen) atoms. The molecule has 2 aromatic rings. The summed E-state index contributed by atoms with van der Waals surface area (Å²) in [6.07, 6.45) is 3.96. The summed E-state index contributed by atoms with van der Waals surface area (Å²) < 4.78 is 31.6. The lowest BCUT2D eigenvalue weighted by molar-refractivity contribution is -0.112. The highest BCUT2D eigenvalue weighted by molar-refractivity contribution is 7.91. The first-order valence-corrected chi connectivity index (χ1v) is 11.2. The molecule has 1 aliphatic rings. The molecule has 6 nitrogen and oxygen atoms in total. The Morgan fingerprint density at radius 3 is 2.59 bits per heavy atom. The van der Waals surface area contributed by atoms with Crippen LogP contribution in [0.2, 0.25) is 0 Å². The van der Waals surface area contributed by atoms with Crippen LogP contribution in [0.5, 0.6) is 0 Å². The van der Waals surface area contributed by atoms with Crippen molar-refractivity contribution in [3.05, 3.63) is 54.0 Å². The average molecular weight is 441 g/mol. The zero-order valence-corrected chi connectivity index (χ0v) is 18.5. The van der Waals surface area contributed by atoms with Crippen LogP contribution in [0.25, 0.3) is 0 Å². The first kappa shape index (κ1) is 23.6. The molecule has 1 aliphatic heterocycles. The maximum Gasteiger partial charge on any atom is 0.179 e. The molecular weight excluding hydrogens is 412 g/mol. The highest BCUT2D eigenvalue weighted by Gasteiger charge is 2.31. The lowest BCUT2D eigenvalue weighted by Crippen LogP contribution is -2.45. The van der Waals surface area contributed by atoms with Gasteiger partial charge in [-0.15, -0.1) is 12.4 Å². The molecule has 0 amide bonds. The van der Waals surface area contributed by atoms with Crippen LogP contribution in [0, 0.1) is 5.92 Å². The minimum absolute atomic E-state index is 0. The Balaban J connectivity index is 0.00000300. The van der Waals surface area contributed by atoms with E-state index in [0.29, 0.717) is 24.4 Å². The standard InChI is InChI=1S/C21H28N2O4S.ClH/c1-22(2)13-17(15-24)12-19(16-28(25,26)20-6-4-3-5-7-20)23-10-8-18-9-11-27-21(18)14-23;/h3-7,9,11,15,17,19H,8,10,12-14,16H2,1-2H3;1H. The maximum atomic E-state index is 13.0. The lowest BCUT2D eigenvalue weighted by Gasteiger charge is -2.35. The Bertz CT molecular complexity index is 883. The number of rotatable bonds is 9. The van der Waals surface area contributed by atoms with E-state index in [1.165, 1.54) is 5.56 Å². The summed E-state index contributed by atoms with van der Waals surface area (Å²) in [7, 11) is 0.381. The van der Waals surface area contributed by atoms with Crippen LogP contribution in [0.15, 0.2) is 52.0 Å². The number of hydrogen-bond donors (Lipinski definition) is 0. The molecule has 0 aliphatic carbocycles. The Morgan fingerprint density at radius 2 is 1.93 bits per heavy atom. The summed E-state index contributed by atoms with van der Waals surface area (Å²) in [6.45, 7) is 1.94. The van der Waals surface area contributed by atoms with E-state index in [2.05, 4.69) is 4.90 Å². The molecule has 2 unspecified atom stereocenters. The van der Waals surface area contributed by atoms with E-state index >= 15 is 0 Å². The number of nitrogens with zero attached hydrogens (tertiary/aromatic N) is 2. The number of carbonyl (C=O) groups excluding carboxylic acids is 1. The third-order valence-electron chi connectivity index (χ3n) is 5.25. The van der Waals surface area contributed by atoms with E-state index in [0.717, 1.165) is 25.0 Å². The fourth-order valence-corrected chi connectivity index (χ4v) is 5.48. The lowest BCUT2D eigenvalue weighted by atomic mass is 9.98. The maximum absolute atomic E-state index is 13.0. The highest BCUT2D eigenvalue weighted by Crippen LogP contribution is 2.26. The Morgan fingerprint density at radius 1 is 1.21 bits per heavy atom. The molecule has 0 bridgehead atoms. The van der Waals surface area contributed by atoms with Gasteiger partial charge in [0, 0.05) is 25.0 Å². The van der Waals surface area contributed by atoms with Crippen molar-refractivity contribution in [1.82, 2.24) is 9.80 Å². The summed E-state index contributed by atoms with van der Waals surface area (Å²) in [6, 6.07) is 10.3. The summed E-state index contributed by atoms with van der Waals surface area (Å²) >= 11 is 0. The van der Waals surface area contributed by atoms with Gasteiger partial charge in [0.2, 0.25) is 0 Å². The van der Waals surface area contributed by atoms with Crippen LogP contribution in [-0.4, -0.2) is 63.5 Å². The first-order chi connectivity index (χ1) is 13.4. The second-order valence-corrected chi connectivity index (χ2v) is 9.77. The predicted octanol–water partition coefficient (Wildman–Crippen LogP) is 2.67. The first-order valence-electron chi connectivity index (χ1n) is 9.56. The zero-order chi connectivity index (χ0) is 20.1. The SMILES string of the molecule is CN(C)CC(C=O)CC(CS(=O)(=O)c1ccccc1)N1CCc2ccoc2C1.Cl. The van der Waals surface area contributed by atoms with Crippen molar-refractivity contribution < 1.29 is 17.6 Å². The molecular formula is C21H29ClN2O4S. The van der Waals surface area contributed by atoms with E-state index < -0.39 is 9.84 Å². The highest BCUT2D eigenvalue weighted by atomic mass is 35.5. The quantitative estimate of drug-likeness (QED) is 0.558. The number of carbonyl (C=O) groups is 1. The Labute approximate surface area is 179 Å². The van der Waals surface area contributed by atoms with E-state index in [9.17, 15) is 13.2 Å². The van der Waals surface area contributed by atoms with Gasteiger partial charge >= 0.3 is 0 Å². The number of benzene rings is 1. The topological polar surface area (TPSA) is 70.8 Å². The van der Waals surface area contributed by atoms with Gasteiger partial charge in [0.1, 0.15) is 12.0 Å². The van der Waals surface area contributed by atoms with Crippen LogP contribution in [-0.2, 0) is 27.6 Å². The smallest absolute Gasteiger partial charge is 0.179 e. The number of furan rings is 1. The van der Waals surface area contributed by atoms with Crippen molar-refractivity contribution in [2.24, 2.45) is 5.92 Å². The van der Waals surface area contributed by atoms with Crippen LogP contribution >= 0.6 is 12.4 Å². The number of fused-ring (bicyclic) bond motifs is 1. The van der Waals surface area contributed by atoms with E-state index in [-0.39, 0.29) is 30.1 Å².